The summed E-state index contributed by atoms with van der Waals surface area (Å²) in [6, 6.07) is 0. The van der Waals surface area contributed by atoms with E-state index in [2.05, 4.69) is 4.98 Å². The monoisotopic (exact) mass is 232 g/mol. The van der Waals surface area contributed by atoms with Crippen LogP contribution in [-0.2, 0) is 11.3 Å². The Balaban J connectivity index is 2.73. The van der Waals surface area contributed by atoms with Crippen LogP contribution in [0, 0.1) is 0 Å². The largest absolute Gasteiger partial charge is 0.480 e. The van der Waals surface area contributed by atoms with Gasteiger partial charge in [-0.05, 0) is 13.8 Å². The molecular formula is C8H12N2O2S2. The fourth-order valence-electron chi connectivity index (χ4n) is 0.691. The van der Waals surface area contributed by atoms with Crippen LogP contribution in [0.5, 0.6) is 0 Å². The zero-order chi connectivity index (χ0) is 10.8. The molecular weight excluding hydrogens is 220 g/mol. The first-order chi connectivity index (χ1) is 6.45. The first-order valence-corrected chi connectivity index (χ1v) is 5.72. The Morgan fingerprint density at radius 1 is 1.79 bits per heavy atom. The summed E-state index contributed by atoms with van der Waals surface area (Å²) in [6.45, 7) is 3.71. The molecule has 0 saturated heterocycles. The Kier molecular flexibility index (Phi) is 3.52. The standard InChI is InChI=1S/C8H12N2O2S2/c1-8(2,6(11)12)14-7-10-5(3-9)4-13-7/h4H,3,9H2,1-2H3,(H,11,12). The number of thioether (sulfide) groups is 1. The summed E-state index contributed by atoms with van der Waals surface area (Å²) in [7, 11) is 0. The lowest BCUT2D eigenvalue weighted by Crippen LogP contribution is -2.26. The second-order valence-corrected chi connectivity index (χ2v) is 5.95. The van der Waals surface area contributed by atoms with E-state index in [1.54, 1.807) is 13.8 Å². The Bertz CT molecular complexity index is 336. The zero-order valence-electron chi connectivity index (χ0n) is 7.98. The van der Waals surface area contributed by atoms with E-state index in [9.17, 15) is 4.79 Å². The summed E-state index contributed by atoms with van der Waals surface area (Å²) in [5.41, 5.74) is 6.21. The van der Waals surface area contributed by atoms with Crippen molar-refractivity contribution in [2.75, 3.05) is 0 Å². The number of hydrogen-bond acceptors (Lipinski definition) is 5. The minimum absolute atomic E-state index is 0.393. The van der Waals surface area contributed by atoms with Crippen LogP contribution in [0.3, 0.4) is 0 Å². The normalized spacial score (nSPS) is 11.6. The molecule has 0 saturated carbocycles. The molecule has 78 valence electrons. The molecule has 0 aliphatic carbocycles. The van der Waals surface area contributed by atoms with Crippen molar-refractivity contribution in [2.45, 2.75) is 29.5 Å². The van der Waals surface area contributed by atoms with Gasteiger partial charge in [0.25, 0.3) is 0 Å². The van der Waals surface area contributed by atoms with E-state index < -0.39 is 10.7 Å². The van der Waals surface area contributed by atoms with Crippen molar-refractivity contribution in [2.24, 2.45) is 5.73 Å². The fraction of sp³-hybridized carbons (Fsp3) is 0.500. The number of aromatic nitrogens is 1. The van der Waals surface area contributed by atoms with E-state index in [0.29, 0.717) is 6.54 Å². The third-order valence-electron chi connectivity index (χ3n) is 1.60. The molecule has 4 nitrogen and oxygen atoms in total. The van der Waals surface area contributed by atoms with E-state index in [4.69, 9.17) is 10.8 Å². The molecule has 0 radical (unpaired) electrons. The van der Waals surface area contributed by atoms with Gasteiger partial charge in [-0.3, -0.25) is 4.79 Å². The summed E-state index contributed by atoms with van der Waals surface area (Å²) in [5, 5.41) is 10.7. The topological polar surface area (TPSA) is 76.2 Å². The van der Waals surface area contributed by atoms with Crippen molar-refractivity contribution in [3.63, 3.8) is 0 Å². The molecule has 1 aromatic rings. The van der Waals surface area contributed by atoms with Crippen molar-refractivity contribution in [1.82, 2.24) is 4.98 Å². The van der Waals surface area contributed by atoms with Gasteiger partial charge in [0.05, 0.1) is 5.69 Å². The average molecular weight is 232 g/mol. The molecule has 6 heteroatoms. The molecule has 0 aliphatic rings. The summed E-state index contributed by atoms with van der Waals surface area (Å²) in [5.74, 6) is -0.841. The second-order valence-electron chi connectivity index (χ2n) is 3.23. The van der Waals surface area contributed by atoms with Crippen LogP contribution in [0.4, 0.5) is 0 Å². The van der Waals surface area contributed by atoms with Crippen molar-refractivity contribution in [1.29, 1.82) is 0 Å². The average Bonchev–Trinajstić information content (AvgIpc) is 2.51. The fourth-order valence-corrected chi connectivity index (χ4v) is 2.90. The van der Waals surface area contributed by atoms with Crippen molar-refractivity contribution >= 4 is 29.1 Å². The lowest BCUT2D eigenvalue weighted by molar-refractivity contribution is -0.138. The van der Waals surface area contributed by atoms with Crippen LogP contribution in [-0.4, -0.2) is 20.8 Å². The van der Waals surface area contributed by atoms with E-state index in [1.165, 1.54) is 23.1 Å². The summed E-state index contributed by atoms with van der Waals surface area (Å²) >= 11 is 2.67. The van der Waals surface area contributed by atoms with Gasteiger partial charge in [-0.2, -0.15) is 0 Å². The smallest absolute Gasteiger partial charge is 0.319 e. The minimum atomic E-state index is -0.844. The molecule has 0 fully saturated rings. The van der Waals surface area contributed by atoms with E-state index in [0.717, 1.165) is 10.0 Å². The minimum Gasteiger partial charge on any atom is -0.480 e. The highest BCUT2D eigenvalue weighted by molar-refractivity contribution is 8.02. The highest BCUT2D eigenvalue weighted by Gasteiger charge is 2.29. The third-order valence-corrected chi connectivity index (χ3v) is 3.77. The van der Waals surface area contributed by atoms with Crippen molar-refractivity contribution in [3.05, 3.63) is 11.1 Å². The summed E-state index contributed by atoms with van der Waals surface area (Å²) < 4.78 is -0.0955. The van der Waals surface area contributed by atoms with Gasteiger partial charge in [0.2, 0.25) is 0 Å². The van der Waals surface area contributed by atoms with Crippen molar-refractivity contribution in [3.8, 4) is 0 Å². The number of rotatable bonds is 4. The molecule has 1 heterocycles. The van der Waals surface area contributed by atoms with Gasteiger partial charge >= 0.3 is 5.97 Å². The Morgan fingerprint density at radius 3 is 2.86 bits per heavy atom. The molecule has 1 rings (SSSR count). The van der Waals surface area contributed by atoms with E-state index in [1.807, 2.05) is 5.38 Å². The molecule has 0 amide bonds. The lowest BCUT2D eigenvalue weighted by atomic mass is 10.2. The Morgan fingerprint density at radius 2 is 2.43 bits per heavy atom. The predicted molar refractivity (Wildman–Crippen MR) is 57.6 cm³/mol. The van der Waals surface area contributed by atoms with Crippen LogP contribution in [0.1, 0.15) is 19.5 Å². The number of hydrogen-bond donors (Lipinski definition) is 2. The van der Waals surface area contributed by atoms with Crippen molar-refractivity contribution < 1.29 is 9.90 Å². The predicted octanol–water partition coefficient (Wildman–Crippen LogP) is 1.56. The summed E-state index contributed by atoms with van der Waals surface area (Å²) in [4.78, 5) is 15.0. The third kappa shape index (κ3) is 2.70. The van der Waals surface area contributed by atoms with Crippen LogP contribution < -0.4 is 5.73 Å². The number of carboxylic acids is 1. The van der Waals surface area contributed by atoms with Gasteiger partial charge in [0.1, 0.15) is 4.75 Å². The number of aliphatic carboxylic acids is 1. The number of carbonyl (C=O) groups is 1. The SMILES string of the molecule is CC(C)(Sc1nc(CN)cs1)C(=O)O. The second kappa shape index (κ2) is 4.29. The highest BCUT2D eigenvalue weighted by Crippen LogP contribution is 2.34. The molecule has 0 aliphatic heterocycles. The maximum Gasteiger partial charge on any atom is 0.319 e. The van der Waals surface area contributed by atoms with E-state index in [-0.39, 0.29) is 0 Å². The molecule has 14 heavy (non-hydrogen) atoms. The van der Waals surface area contributed by atoms with Gasteiger partial charge in [0.15, 0.2) is 4.34 Å². The van der Waals surface area contributed by atoms with Crippen LogP contribution in [0.25, 0.3) is 0 Å². The molecule has 0 spiro atoms. The molecule has 0 unspecified atom stereocenters. The van der Waals surface area contributed by atoms with Gasteiger partial charge in [-0.15, -0.1) is 11.3 Å². The van der Waals surface area contributed by atoms with Gasteiger partial charge < -0.3 is 10.8 Å². The molecule has 1 aromatic heterocycles. The molecule has 0 atom stereocenters. The lowest BCUT2D eigenvalue weighted by Gasteiger charge is -2.15. The first-order valence-electron chi connectivity index (χ1n) is 4.02. The Hall–Kier alpha value is -0.590. The maximum absolute atomic E-state index is 10.8. The number of carboxylic acid groups (broad SMARTS) is 1. The zero-order valence-corrected chi connectivity index (χ0v) is 9.61. The first kappa shape index (κ1) is 11.5. The van der Waals surface area contributed by atoms with Crippen LogP contribution >= 0.6 is 23.1 Å². The molecule has 0 aromatic carbocycles. The number of thiazole rings is 1. The summed E-state index contributed by atoms with van der Waals surface area (Å²) in [6.07, 6.45) is 0. The number of nitrogens with two attached hydrogens (primary N) is 1. The molecule has 0 bridgehead atoms. The van der Waals surface area contributed by atoms with Crippen LogP contribution in [0.15, 0.2) is 9.72 Å². The number of nitrogens with zero attached hydrogens (tertiary/aromatic N) is 1. The maximum atomic E-state index is 10.8. The highest BCUT2D eigenvalue weighted by atomic mass is 32.2. The quantitative estimate of drug-likeness (QED) is 0.770. The van der Waals surface area contributed by atoms with Gasteiger partial charge in [-0.25, -0.2) is 4.98 Å². The van der Waals surface area contributed by atoms with Crippen LogP contribution in [0.2, 0.25) is 0 Å². The molecule has 3 N–H and O–H groups in total. The van der Waals surface area contributed by atoms with Gasteiger partial charge in [-0.1, -0.05) is 11.8 Å². The van der Waals surface area contributed by atoms with E-state index >= 15 is 0 Å². The Labute approximate surface area is 90.5 Å². The van der Waals surface area contributed by atoms with Gasteiger partial charge in [0, 0.05) is 11.9 Å².